The van der Waals surface area contributed by atoms with Gasteiger partial charge in [0.15, 0.2) is 0 Å². The molecule has 0 aromatic carbocycles. The summed E-state index contributed by atoms with van der Waals surface area (Å²) in [5, 5.41) is 0. The van der Waals surface area contributed by atoms with Crippen LogP contribution in [0.2, 0.25) is 0 Å². The molecule has 1 amide bonds. The molecule has 2 N–H and O–H groups in total. The van der Waals surface area contributed by atoms with Gasteiger partial charge in [-0.1, -0.05) is 0 Å². The number of rotatable bonds is 5. The molecule has 1 aliphatic heterocycles. The molecule has 1 aliphatic rings. The van der Waals surface area contributed by atoms with E-state index in [-0.39, 0.29) is 11.5 Å². The number of nitrogens with zero attached hydrogens (tertiary/aromatic N) is 2. The molecule has 0 bridgehead atoms. The lowest BCUT2D eigenvalue weighted by molar-refractivity contribution is -0.135. The van der Waals surface area contributed by atoms with Crippen LogP contribution in [0.15, 0.2) is 0 Å². The molecule has 1 heterocycles. The van der Waals surface area contributed by atoms with Gasteiger partial charge in [-0.05, 0) is 26.8 Å². The third-order valence-electron chi connectivity index (χ3n) is 2.99. The Morgan fingerprint density at radius 2 is 2.24 bits per heavy atom. The Bertz CT molecular complexity index is 256. The van der Waals surface area contributed by atoms with Gasteiger partial charge in [0.1, 0.15) is 0 Å². The molecule has 1 saturated heterocycles. The van der Waals surface area contributed by atoms with Crippen molar-refractivity contribution in [2.75, 3.05) is 46.4 Å². The van der Waals surface area contributed by atoms with Gasteiger partial charge in [-0.2, -0.15) is 0 Å². The van der Waals surface area contributed by atoms with Crippen LogP contribution in [0.3, 0.4) is 0 Å². The van der Waals surface area contributed by atoms with Gasteiger partial charge in [0.2, 0.25) is 5.91 Å². The van der Waals surface area contributed by atoms with Crippen molar-refractivity contribution in [3.63, 3.8) is 0 Å². The summed E-state index contributed by atoms with van der Waals surface area (Å²) in [4.78, 5) is 15.8. The molecule has 0 radical (unpaired) electrons. The molecule has 0 spiro atoms. The number of hydrogen-bond acceptors (Lipinski definition) is 4. The molecule has 17 heavy (non-hydrogen) atoms. The maximum atomic E-state index is 11.9. The van der Waals surface area contributed by atoms with Gasteiger partial charge >= 0.3 is 0 Å². The van der Waals surface area contributed by atoms with Crippen LogP contribution in [-0.2, 0) is 9.53 Å². The number of amides is 1. The quantitative estimate of drug-likeness (QED) is 0.733. The van der Waals surface area contributed by atoms with Gasteiger partial charge in [-0.3, -0.25) is 9.69 Å². The Morgan fingerprint density at radius 3 is 2.82 bits per heavy atom. The maximum Gasteiger partial charge on any atom is 0.236 e. The first-order chi connectivity index (χ1) is 7.94. The van der Waals surface area contributed by atoms with E-state index in [0.717, 1.165) is 26.1 Å². The van der Waals surface area contributed by atoms with Crippen LogP contribution < -0.4 is 5.73 Å². The summed E-state index contributed by atoms with van der Waals surface area (Å²) in [5.74, 6) is 0.163. The standard InChI is InChI=1S/C12H25N3O2/c1-12(2)10-15(7-8-17-12)9-11(16)14(3)6-4-5-13/h4-10,13H2,1-3H3. The minimum atomic E-state index is -0.144. The highest BCUT2D eigenvalue weighted by molar-refractivity contribution is 5.78. The summed E-state index contributed by atoms with van der Waals surface area (Å²) in [6.45, 7) is 8.30. The van der Waals surface area contributed by atoms with Crippen molar-refractivity contribution in [3.05, 3.63) is 0 Å². The highest BCUT2D eigenvalue weighted by Crippen LogP contribution is 2.16. The Balaban J connectivity index is 2.35. The van der Waals surface area contributed by atoms with Crippen molar-refractivity contribution in [2.45, 2.75) is 25.9 Å². The number of carbonyl (C=O) groups excluding carboxylic acids is 1. The molecule has 100 valence electrons. The van der Waals surface area contributed by atoms with E-state index in [1.54, 1.807) is 4.90 Å². The lowest BCUT2D eigenvalue weighted by Crippen LogP contribution is -2.51. The summed E-state index contributed by atoms with van der Waals surface area (Å²) in [7, 11) is 1.84. The van der Waals surface area contributed by atoms with Gasteiger partial charge in [-0.25, -0.2) is 0 Å². The van der Waals surface area contributed by atoms with Crippen LogP contribution in [0, 0.1) is 0 Å². The van der Waals surface area contributed by atoms with Crippen LogP contribution in [0.1, 0.15) is 20.3 Å². The lowest BCUT2D eigenvalue weighted by atomic mass is 10.1. The topological polar surface area (TPSA) is 58.8 Å². The van der Waals surface area contributed by atoms with Crippen molar-refractivity contribution >= 4 is 5.91 Å². The van der Waals surface area contributed by atoms with Crippen molar-refractivity contribution in [1.29, 1.82) is 0 Å². The number of carbonyl (C=O) groups is 1. The van der Waals surface area contributed by atoms with E-state index in [4.69, 9.17) is 10.5 Å². The van der Waals surface area contributed by atoms with E-state index in [1.807, 2.05) is 7.05 Å². The second kappa shape index (κ2) is 6.33. The lowest BCUT2D eigenvalue weighted by Gasteiger charge is -2.38. The molecular formula is C12H25N3O2. The normalized spacial score (nSPS) is 20.2. The highest BCUT2D eigenvalue weighted by atomic mass is 16.5. The summed E-state index contributed by atoms with van der Waals surface area (Å²) < 4.78 is 5.62. The van der Waals surface area contributed by atoms with Crippen LogP contribution in [0.4, 0.5) is 0 Å². The van der Waals surface area contributed by atoms with Crippen LogP contribution in [0.5, 0.6) is 0 Å². The SMILES string of the molecule is CN(CCCN)C(=O)CN1CCOC(C)(C)C1. The largest absolute Gasteiger partial charge is 0.373 e. The van der Waals surface area contributed by atoms with Crippen molar-refractivity contribution < 1.29 is 9.53 Å². The second-order valence-electron chi connectivity index (χ2n) is 5.28. The number of hydrogen-bond donors (Lipinski definition) is 1. The first kappa shape index (κ1) is 14.4. The molecule has 0 aliphatic carbocycles. The van der Waals surface area contributed by atoms with Gasteiger partial charge in [0, 0.05) is 26.7 Å². The average Bonchev–Trinajstić information content (AvgIpc) is 2.24. The fourth-order valence-corrected chi connectivity index (χ4v) is 2.01. The van der Waals surface area contributed by atoms with Gasteiger partial charge in [-0.15, -0.1) is 0 Å². The Morgan fingerprint density at radius 1 is 1.53 bits per heavy atom. The molecule has 1 fully saturated rings. The van der Waals surface area contributed by atoms with Crippen LogP contribution in [-0.4, -0.2) is 67.7 Å². The van der Waals surface area contributed by atoms with E-state index >= 15 is 0 Å². The fourth-order valence-electron chi connectivity index (χ4n) is 2.01. The molecule has 1 rings (SSSR count). The Hall–Kier alpha value is -0.650. The summed E-state index contributed by atoms with van der Waals surface area (Å²) in [5.41, 5.74) is 5.29. The third-order valence-corrected chi connectivity index (χ3v) is 2.99. The zero-order valence-electron chi connectivity index (χ0n) is 11.2. The monoisotopic (exact) mass is 243 g/mol. The van der Waals surface area contributed by atoms with E-state index in [9.17, 15) is 4.79 Å². The minimum Gasteiger partial charge on any atom is -0.373 e. The van der Waals surface area contributed by atoms with Gasteiger partial charge in [0.25, 0.3) is 0 Å². The second-order valence-corrected chi connectivity index (χ2v) is 5.28. The number of morpholine rings is 1. The van der Waals surface area contributed by atoms with Crippen LogP contribution in [0.25, 0.3) is 0 Å². The first-order valence-corrected chi connectivity index (χ1v) is 6.25. The predicted molar refractivity (Wildman–Crippen MR) is 67.8 cm³/mol. The Kier molecular flexibility index (Phi) is 5.36. The summed E-state index contributed by atoms with van der Waals surface area (Å²) in [6, 6.07) is 0. The van der Waals surface area contributed by atoms with Crippen molar-refractivity contribution in [2.24, 2.45) is 5.73 Å². The van der Waals surface area contributed by atoms with E-state index in [0.29, 0.717) is 19.7 Å². The summed E-state index contributed by atoms with van der Waals surface area (Å²) in [6.07, 6.45) is 0.858. The minimum absolute atomic E-state index is 0.144. The van der Waals surface area contributed by atoms with Crippen LogP contribution >= 0.6 is 0 Å². The molecule has 0 unspecified atom stereocenters. The highest BCUT2D eigenvalue weighted by Gasteiger charge is 2.28. The van der Waals surface area contributed by atoms with E-state index < -0.39 is 0 Å². The van der Waals surface area contributed by atoms with E-state index in [1.165, 1.54) is 0 Å². The smallest absolute Gasteiger partial charge is 0.236 e. The zero-order valence-corrected chi connectivity index (χ0v) is 11.2. The van der Waals surface area contributed by atoms with Gasteiger partial charge in [0.05, 0.1) is 18.8 Å². The maximum absolute atomic E-state index is 11.9. The fraction of sp³-hybridized carbons (Fsp3) is 0.917. The average molecular weight is 243 g/mol. The molecule has 0 atom stereocenters. The molecule has 5 heteroatoms. The molecule has 0 aromatic heterocycles. The van der Waals surface area contributed by atoms with E-state index in [2.05, 4.69) is 18.7 Å². The number of nitrogens with two attached hydrogens (primary N) is 1. The summed E-state index contributed by atoms with van der Waals surface area (Å²) >= 11 is 0. The van der Waals surface area contributed by atoms with Crippen molar-refractivity contribution in [1.82, 2.24) is 9.80 Å². The predicted octanol–water partition coefficient (Wildman–Crippen LogP) is -0.0956. The van der Waals surface area contributed by atoms with Gasteiger partial charge < -0.3 is 15.4 Å². The Labute approximate surface area is 104 Å². The number of ether oxygens (including phenoxy) is 1. The first-order valence-electron chi connectivity index (χ1n) is 6.25. The van der Waals surface area contributed by atoms with Crippen molar-refractivity contribution in [3.8, 4) is 0 Å². The molecular weight excluding hydrogens is 218 g/mol. The molecule has 0 saturated carbocycles. The third kappa shape index (κ3) is 5.02. The molecule has 0 aromatic rings. The number of likely N-dealkylation sites (N-methyl/N-ethyl adjacent to an activating group) is 1. The molecule has 5 nitrogen and oxygen atoms in total. The zero-order chi connectivity index (χ0) is 12.9.